The Labute approximate surface area is 135 Å². The first-order valence-corrected chi connectivity index (χ1v) is 8.35. The van der Waals surface area contributed by atoms with Gasteiger partial charge in [0.15, 0.2) is 0 Å². The van der Waals surface area contributed by atoms with Crippen LogP contribution >= 0.6 is 15.9 Å². The predicted molar refractivity (Wildman–Crippen MR) is 90.4 cm³/mol. The lowest BCUT2D eigenvalue weighted by Gasteiger charge is -2.15. The predicted octanol–water partition coefficient (Wildman–Crippen LogP) is 3.37. The third-order valence-corrected chi connectivity index (χ3v) is 4.39. The standard InChI is InChI=1S/C17H23BrN2O/c1-13(15-2-4-16(18)5-3-15)12-17(21)20-11-8-14-6-9-19-10-7-14/h2-6,13,19H,7-12H2,1H3,(H,20,21). The minimum atomic E-state index is 0.139. The van der Waals surface area contributed by atoms with E-state index in [1.54, 1.807) is 0 Å². The van der Waals surface area contributed by atoms with Crippen molar-refractivity contribution in [3.8, 4) is 0 Å². The third kappa shape index (κ3) is 5.64. The molecule has 21 heavy (non-hydrogen) atoms. The Morgan fingerprint density at radius 3 is 2.81 bits per heavy atom. The van der Waals surface area contributed by atoms with Gasteiger partial charge in [0, 0.05) is 24.0 Å². The number of nitrogens with one attached hydrogen (secondary N) is 2. The second-order valence-corrected chi connectivity index (χ2v) is 6.49. The smallest absolute Gasteiger partial charge is 0.220 e. The number of rotatable bonds is 6. The summed E-state index contributed by atoms with van der Waals surface area (Å²) in [6.45, 7) is 4.86. The highest BCUT2D eigenvalue weighted by atomic mass is 79.9. The monoisotopic (exact) mass is 350 g/mol. The highest BCUT2D eigenvalue weighted by molar-refractivity contribution is 9.10. The van der Waals surface area contributed by atoms with Gasteiger partial charge < -0.3 is 10.6 Å². The summed E-state index contributed by atoms with van der Waals surface area (Å²) in [5, 5.41) is 6.33. The molecule has 1 amide bonds. The van der Waals surface area contributed by atoms with Gasteiger partial charge in [-0.1, -0.05) is 46.6 Å². The summed E-state index contributed by atoms with van der Waals surface area (Å²) in [6, 6.07) is 8.18. The molecule has 0 saturated carbocycles. The molecule has 0 aliphatic carbocycles. The molecule has 1 aromatic rings. The van der Waals surface area contributed by atoms with E-state index in [2.05, 4.69) is 51.7 Å². The second kappa shape index (κ2) is 8.35. The summed E-state index contributed by atoms with van der Waals surface area (Å²) in [6.07, 6.45) is 4.85. The highest BCUT2D eigenvalue weighted by Crippen LogP contribution is 2.21. The molecular weight excluding hydrogens is 328 g/mol. The number of hydrogen-bond acceptors (Lipinski definition) is 2. The van der Waals surface area contributed by atoms with Crippen molar-refractivity contribution in [1.82, 2.24) is 10.6 Å². The molecule has 0 aromatic heterocycles. The summed E-state index contributed by atoms with van der Waals surface area (Å²) in [7, 11) is 0. The molecule has 1 atom stereocenters. The summed E-state index contributed by atoms with van der Waals surface area (Å²) >= 11 is 3.43. The van der Waals surface area contributed by atoms with Crippen LogP contribution in [0.4, 0.5) is 0 Å². The molecule has 1 unspecified atom stereocenters. The van der Waals surface area contributed by atoms with Gasteiger partial charge in [0.05, 0.1) is 0 Å². The van der Waals surface area contributed by atoms with Gasteiger partial charge >= 0.3 is 0 Å². The maximum atomic E-state index is 12.0. The minimum Gasteiger partial charge on any atom is -0.356 e. The summed E-state index contributed by atoms with van der Waals surface area (Å²) in [5.74, 6) is 0.385. The average Bonchev–Trinajstić information content (AvgIpc) is 2.49. The Bertz CT molecular complexity index is 496. The lowest BCUT2D eigenvalue weighted by atomic mass is 9.97. The van der Waals surface area contributed by atoms with E-state index in [1.807, 2.05) is 12.1 Å². The van der Waals surface area contributed by atoms with E-state index in [1.165, 1.54) is 11.1 Å². The number of carbonyl (C=O) groups excluding carboxylic acids is 1. The van der Waals surface area contributed by atoms with Gasteiger partial charge in [-0.05, 0) is 43.0 Å². The van der Waals surface area contributed by atoms with Crippen molar-refractivity contribution in [2.24, 2.45) is 0 Å². The molecule has 3 nitrogen and oxygen atoms in total. The maximum Gasteiger partial charge on any atom is 0.220 e. The normalized spacial score (nSPS) is 16.2. The molecule has 0 saturated heterocycles. The van der Waals surface area contributed by atoms with E-state index in [0.717, 1.165) is 36.9 Å². The zero-order chi connectivity index (χ0) is 15.1. The first kappa shape index (κ1) is 16.2. The summed E-state index contributed by atoms with van der Waals surface area (Å²) in [4.78, 5) is 12.0. The molecule has 1 heterocycles. The minimum absolute atomic E-state index is 0.139. The molecule has 4 heteroatoms. The van der Waals surface area contributed by atoms with Crippen LogP contribution in [0.3, 0.4) is 0 Å². The Balaban J connectivity index is 1.71. The number of carbonyl (C=O) groups is 1. The van der Waals surface area contributed by atoms with Crippen LogP contribution in [0.25, 0.3) is 0 Å². The number of halogens is 1. The summed E-state index contributed by atoms with van der Waals surface area (Å²) < 4.78 is 1.07. The molecule has 2 N–H and O–H groups in total. The van der Waals surface area contributed by atoms with Crippen molar-refractivity contribution in [1.29, 1.82) is 0 Å². The molecule has 2 rings (SSSR count). The van der Waals surface area contributed by atoms with Crippen LogP contribution in [0.1, 0.15) is 37.7 Å². The van der Waals surface area contributed by atoms with Crippen LogP contribution in [-0.2, 0) is 4.79 Å². The van der Waals surface area contributed by atoms with Gasteiger partial charge in [-0.25, -0.2) is 0 Å². The van der Waals surface area contributed by atoms with Crippen molar-refractivity contribution in [2.45, 2.75) is 32.1 Å². The Morgan fingerprint density at radius 1 is 1.38 bits per heavy atom. The molecule has 1 aliphatic heterocycles. The fraction of sp³-hybridized carbons (Fsp3) is 0.471. The number of hydrogen-bond donors (Lipinski definition) is 2. The van der Waals surface area contributed by atoms with Crippen molar-refractivity contribution in [3.05, 3.63) is 46.0 Å². The van der Waals surface area contributed by atoms with E-state index in [0.29, 0.717) is 6.42 Å². The summed E-state index contributed by atoms with van der Waals surface area (Å²) in [5.41, 5.74) is 2.66. The molecule has 0 radical (unpaired) electrons. The third-order valence-electron chi connectivity index (χ3n) is 3.86. The van der Waals surface area contributed by atoms with Crippen molar-refractivity contribution < 1.29 is 4.79 Å². The van der Waals surface area contributed by atoms with Gasteiger partial charge in [0.1, 0.15) is 0 Å². The fourth-order valence-electron chi connectivity index (χ4n) is 2.52. The number of amides is 1. The van der Waals surface area contributed by atoms with Crippen molar-refractivity contribution in [3.63, 3.8) is 0 Å². The number of benzene rings is 1. The first-order chi connectivity index (χ1) is 10.1. The Hall–Kier alpha value is -1.13. The quantitative estimate of drug-likeness (QED) is 0.772. The molecule has 0 fully saturated rings. The molecule has 0 spiro atoms. The zero-order valence-corrected chi connectivity index (χ0v) is 14.1. The van der Waals surface area contributed by atoms with E-state index in [4.69, 9.17) is 0 Å². The van der Waals surface area contributed by atoms with Crippen LogP contribution in [-0.4, -0.2) is 25.5 Å². The Kier molecular flexibility index (Phi) is 6.46. The maximum absolute atomic E-state index is 12.0. The highest BCUT2D eigenvalue weighted by Gasteiger charge is 2.11. The average molecular weight is 351 g/mol. The van der Waals surface area contributed by atoms with Crippen LogP contribution in [0.2, 0.25) is 0 Å². The molecule has 1 aliphatic rings. The first-order valence-electron chi connectivity index (χ1n) is 7.56. The van der Waals surface area contributed by atoms with Crippen LogP contribution in [0.15, 0.2) is 40.4 Å². The van der Waals surface area contributed by atoms with Gasteiger partial charge in [-0.15, -0.1) is 0 Å². The lowest BCUT2D eigenvalue weighted by molar-refractivity contribution is -0.121. The van der Waals surface area contributed by atoms with Gasteiger partial charge in [0.25, 0.3) is 0 Å². The largest absolute Gasteiger partial charge is 0.356 e. The van der Waals surface area contributed by atoms with Crippen molar-refractivity contribution >= 4 is 21.8 Å². The topological polar surface area (TPSA) is 41.1 Å². The van der Waals surface area contributed by atoms with Crippen LogP contribution in [0.5, 0.6) is 0 Å². The lowest BCUT2D eigenvalue weighted by Crippen LogP contribution is -2.27. The molecular formula is C17H23BrN2O. The van der Waals surface area contributed by atoms with Crippen LogP contribution < -0.4 is 10.6 Å². The van der Waals surface area contributed by atoms with Gasteiger partial charge in [0.2, 0.25) is 5.91 Å². The second-order valence-electron chi connectivity index (χ2n) is 5.57. The molecule has 114 valence electrons. The molecule has 0 bridgehead atoms. The van der Waals surface area contributed by atoms with E-state index in [9.17, 15) is 4.79 Å². The SMILES string of the molecule is CC(CC(=O)NCCC1=CCNCC1)c1ccc(Br)cc1. The van der Waals surface area contributed by atoms with Crippen molar-refractivity contribution in [2.75, 3.05) is 19.6 Å². The van der Waals surface area contributed by atoms with E-state index >= 15 is 0 Å². The van der Waals surface area contributed by atoms with Gasteiger partial charge in [-0.3, -0.25) is 4.79 Å². The molecule has 1 aromatic carbocycles. The van der Waals surface area contributed by atoms with Crippen LogP contribution in [0, 0.1) is 0 Å². The van der Waals surface area contributed by atoms with E-state index < -0.39 is 0 Å². The zero-order valence-electron chi connectivity index (χ0n) is 12.5. The Morgan fingerprint density at radius 2 is 2.14 bits per heavy atom. The van der Waals surface area contributed by atoms with Gasteiger partial charge in [-0.2, -0.15) is 0 Å². The van der Waals surface area contributed by atoms with E-state index in [-0.39, 0.29) is 11.8 Å². The fourth-order valence-corrected chi connectivity index (χ4v) is 2.78.